The Hall–Kier alpha value is -1.84. The lowest BCUT2D eigenvalue weighted by Crippen LogP contribution is -2.33. The van der Waals surface area contributed by atoms with Gasteiger partial charge in [0.1, 0.15) is 6.34 Å². The van der Waals surface area contributed by atoms with Crippen molar-refractivity contribution in [2.75, 3.05) is 13.6 Å². The third kappa shape index (κ3) is 4.73. The van der Waals surface area contributed by atoms with E-state index in [1.54, 1.807) is 6.34 Å². The maximum absolute atomic E-state index is 5.70. The van der Waals surface area contributed by atoms with E-state index in [1.807, 2.05) is 24.1 Å². The average Bonchev–Trinajstić information content (AvgIpc) is 2.30. The third-order valence-electron chi connectivity index (χ3n) is 3.55. The monoisotopic (exact) mass is 260 g/mol. The van der Waals surface area contributed by atoms with Crippen molar-refractivity contribution < 1.29 is 0 Å². The highest BCUT2D eigenvalue weighted by atomic mass is 15.3. The van der Waals surface area contributed by atoms with Crippen molar-refractivity contribution in [2.45, 2.75) is 19.3 Å². The molecule has 104 valence electrons. The van der Waals surface area contributed by atoms with Gasteiger partial charge < -0.3 is 10.6 Å². The van der Waals surface area contributed by atoms with E-state index < -0.39 is 0 Å². The average molecular weight is 260 g/mol. The fourth-order valence-corrected chi connectivity index (χ4v) is 2.38. The molecular formula is C15H24N4. The summed E-state index contributed by atoms with van der Waals surface area (Å²) in [4.78, 5) is 2.02. The molecule has 1 unspecified atom stereocenters. The van der Waals surface area contributed by atoms with Crippen LogP contribution in [0, 0.1) is 11.8 Å². The minimum atomic E-state index is 0.410. The van der Waals surface area contributed by atoms with Crippen LogP contribution in [0.4, 0.5) is 0 Å². The maximum atomic E-state index is 5.70. The molecule has 0 heterocycles. The molecule has 19 heavy (non-hydrogen) atoms. The number of rotatable bonds is 8. The standard InChI is InChI=1S/C15H24N4/c1-5-13(9-12(2)16)15(14-7-6-8-14)10-19(4)11-18-17-3/h5,9,11,14-15H,1-3,6-8,10,16H2,4H3/b13-9+,18-11-. The van der Waals surface area contributed by atoms with Gasteiger partial charge in [0, 0.05) is 31.9 Å². The molecule has 0 radical (unpaired) electrons. The van der Waals surface area contributed by atoms with Crippen LogP contribution in [0.3, 0.4) is 0 Å². The smallest absolute Gasteiger partial charge is 0.113 e. The minimum Gasteiger partial charge on any atom is -0.399 e. The van der Waals surface area contributed by atoms with Crippen molar-refractivity contribution in [3.05, 3.63) is 36.6 Å². The summed E-state index contributed by atoms with van der Waals surface area (Å²) in [7, 11) is 1.98. The molecule has 0 aromatic carbocycles. The van der Waals surface area contributed by atoms with Crippen LogP contribution >= 0.6 is 0 Å². The van der Waals surface area contributed by atoms with Crippen LogP contribution in [0.1, 0.15) is 19.3 Å². The summed E-state index contributed by atoms with van der Waals surface area (Å²) in [6.07, 6.45) is 9.33. The second-order valence-corrected chi connectivity index (χ2v) is 5.03. The molecule has 0 bridgehead atoms. The number of nitrogens with zero attached hydrogens (tertiary/aromatic N) is 3. The number of hydrogen-bond donors (Lipinski definition) is 1. The topological polar surface area (TPSA) is 54.0 Å². The van der Waals surface area contributed by atoms with Gasteiger partial charge in [-0.2, -0.15) is 5.10 Å². The maximum Gasteiger partial charge on any atom is 0.113 e. The van der Waals surface area contributed by atoms with E-state index in [0.717, 1.165) is 12.1 Å². The van der Waals surface area contributed by atoms with Crippen molar-refractivity contribution in [1.82, 2.24) is 4.90 Å². The fraction of sp³-hybridized carbons (Fsp3) is 0.467. The van der Waals surface area contributed by atoms with E-state index in [2.05, 4.69) is 30.1 Å². The zero-order valence-electron chi connectivity index (χ0n) is 11.8. The molecule has 4 nitrogen and oxygen atoms in total. The molecule has 1 aliphatic rings. The quantitative estimate of drug-likeness (QED) is 0.315. The summed E-state index contributed by atoms with van der Waals surface area (Å²) in [5, 5.41) is 7.29. The van der Waals surface area contributed by atoms with E-state index in [9.17, 15) is 0 Å². The lowest BCUT2D eigenvalue weighted by molar-refractivity contribution is 0.211. The normalized spacial score (nSPS) is 17.8. The fourth-order valence-electron chi connectivity index (χ4n) is 2.38. The van der Waals surface area contributed by atoms with Gasteiger partial charge in [-0.05, 0) is 30.4 Å². The highest BCUT2D eigenvalue weighted by Gasteiger charge is 2.29. The summed E-state index contributed by atoms with van der Waals surface area (Å²) in [5.74, 6) is 1.10. The van der Waals surface area contributed by atoms with Crippen LogP contribution in [0.5, 0.6) is 0 Å². The van der Waals surface area contributed by atoms with E-state index in [0.29, 0.717) is 17.5 Å². The Morgan fingerprint density at radius 3 is 2.63 bits per heavy atom. The summed E-state index contributed by atoms with van der Waals surface area (Å²) in [5.41, 5.74) is 7.42. The molecule has 4 heteroatoms. The van der Waals surface area contributed by atoms with Gasteiger partial charge in [-0.15, -0.1) is 5.10 Å². The van der Waals surface area contributed by atoms with Gasteiger partial charge in [-0.25, -0.2) is 0 Å². The number of nitrogens with two attached hydrogens (primary N) is 1. The number of hydrogen-bond acceptors (Lipinski definition) is 3. The third-order valence-corrected chi connectivity index (χ3v) is 3.55. The Balaban J connectivity index is 2.81. The van der Waals surface area contributed by atoms with Crippen molar-refractivity contribution in [1.29, 1.82) is 0 Å². The van der Waals surface area contributed by atoms with Gasteiger partial charge in [-0.3, -0.25) is 0 Å². The first kappa shape index (κ1) is 15.2. The van der Waals surface area contributed by atoms with E-state index >= 15 is 0 Å². The largest absolute Gasteiger partial charge is 0.399 e. The zero-order chi connectivity index (χ0) is 14.3. The molecule has 0 saturated heterocycles. The molecule has 2 N–H and O–H groups in total. The van der Waals surface area contributed by atoms with Crippen molar-refractivity contribution in [3.8, 4) is 0 Å². The molecule has 1 saturated carbocycles. The first-order valence-electron chi connectivity index (χ1n) is 6.56. The molecule has 0 amide bonds. The van der Waals surface area contributed by atoms with Crippen LogP contribution < -0.4 is 5.73 Å². The second kappa shape index (κ2) is 7.56. The molecule has 1 fully saturated rings. The van der Waals surface area contributed by atoms with Crippen LogP contribution in [0.25, 0.3) is 0 Å². The van der Waals surface area contributed by atoms with Crippen molar-refractivity contribution in [2.24, 2.45) is 27.8 Å². The first-order chi connectivity index (χ1) is 9.08. The molecule has 1 rings (SSSR count). The Morgan fingerprint density at radius 2 is 2.21 bits per heavy atom. The van der Waals surface area contributed by atoms with Crippen LogP contribution in [-0.4, -0.2) is 31.5 Å². The van der Waals surface area contributed by atoms with Gasteiger partial charge in [0.05, 0.1) is 0 Å². The van der Waals surface area contributed by atoms with Crippen LogP contribution in [0.2, 0.25) is 0 Å². The Bertz CT molecular complexity index is 391. The van der Waals surface area contributed by atoms with Gasteiger partial charge >= 0.3 is 0 Å². The predicted octanol–water partition coefficient (Wildman–Crippen LogP) is 2.56. The van der Waals surface area contributed by atoms with Crippen molar-refractivity contribution >= 4 is 13.1 Å². The Labute approximate surface area is 116 Å². The summed E-state index contributed by atoms with van der Waals surface area (Å²) < 4.78 is 0. The van der Waals surface area contributed by atoms with Crippen LogP contribution in [-0.2, 0) is 0 Å². The summed E-state index contributed by atoms with van der Waals surface area (Å²) >= 11 is 0. The molecule has 0 aromatic rings. The molecule has 1 atom stereocenters. The van der Waals surface area contributed by atoms with Crippen molar-refractivity contribution in [3.63, 3.8) is 0 Å². The number of allylic oxidation sites excluding steroid dienone is 2. The molecular weight excluding hydrogens is 236 g/mol. The zero-order valence-corrected chi connectivity index (χ0v) is 11.8. The van der Waals surface area contributed by atoms with Gasteiger partial charge in [-0.1, -0.05) is 25.7 Å². The molecule has 0 spiro atoms. The van der Waals surface area contributed by atoms with Gasteiger partial charge in [0.25, 0.3) is 0 Å². The predicted molar refractivity (Wildman–Crippen MR) is 83.1 cm³/mol. The first-order valence-corrected chi connectivity index (χ1v) is 6.56. The van der Waals surface area contributed by atoms with E-state index in [1.165, 1.54) is 19.3 Å². The Morgan fingerprint density at radius 1 is 1.53 bits per heavy atom. The lowest BCUT2D eigenvalue weighted by atomic mass is 9.72. The second-order valence-electron chi connectivity index (χ2n) is 5.03. The minimum absolute atomic E-state index is 0.410. The highest BCUT2D eigenvalue weighted by Crippen LogP contribution is 2.38. The summed E-state index contributed by atoms with van der Waals surface area (Å²) in [6.45, 7) is 11.9. The SMILES string of the molecule is C=C/C(=C\C(=C)N)C(CN(C)/C=N\N=C)C1CCC1. The summed E-state index contributed by atoms with van der Waals surface area (Å²) in [6, 6.07) is 0. The lowest BCUT2D eigenvalue weighted by Gasteiger charge is -2.36. The van der Waals surface area contributed by atoms with Gasteiger partial charge in [0.15, 0.2) is 0 Å². The highest BCUT2D eigenvalue weighted by molar-refractivity contribution is 5.54. The molecule has 1 aliphatic carbocycles. The Kier molecular flexibility index (Phi) is 6.06. The van der Waals surface area contributed by atoms with Gasteiger partial charge in [0.2, 0.25) is 0 Å². The van der Waals surface area contributed by atoms with E-state index in [-0.39, 0.29) is 0 Å². The van der Waals surface area contributed by atoms with Crippen LogP contribution in [0.15, 0.2) is 46.8 Å². The molecule has 0 aliphatic heterocycles. The van der Waals surface area contributed by atoms with E-state index in [4.69, 9.17) is 5.73 Å². The molecule has 0 aromatic heterocycles.